The van der Waals surface area contributed by atoms with Gasteiger partial charge in [0.25, 0.3) is 14.3 Å². The first-order valence-electron chi connectivity index (χ1n) is 23.7. The number of amides is 3. The van der Waals surface area contributed by atoms with Crippen molar-refractivity contribution in [3.05, 3.63) is 41.7 Å². The number of nitrogens with zero attached hydrogens (tertiary/aromatic N) is 6. The van der Waals surface area contributed by atoms with Crippen molar-refractivity contribution >= 4 is 72.5 Å². The standard InChI is InChI=1S/C44H75FN9O13P3Si/c1-8-9-35(42(62)63)48-41(61)36(27-47-40(60)32-10-12-34(13-11-32)71(45,43(2,3)4)44(5,6)7)54-28-33(49-50-54)26-46-37(55)15-24-69(64,65)30-52-19-17-51(29-68-23-14-38(56)57)18-20-53(22-21-52)31-70(66,67)25-16-39(58)59/h10-13,28,35-36,68H,8-9,14-27,29-31H2,1-7H3,(H,46,55)(H,47,60)(H,48,61)(H,56,57)(H,58,59)(H,62,63)(H,64,65)(H,66,67). The molecule has 0 bridgehead atoms. The largest absolute Gasteiger partial charge is 0.481 e. The van der Waals surface area contributed by atoms with Gasteiger partial charge in [-0.15, -0.1) is 13.7 Å². The fourth-order valence-corrected chi connectivity index (χ4v) is 17.4. The summed E-state index contributed by atoms with van der Waals surface area (Å²) in [7, 11) is -11.1. The minimum atomic E-state index is -3.98. The van der Waals surface area contributed by atoms with Gasteiger partial charge in [0.15, 0.2) is 0 Å². The Morgan fingerprint density at radius 3 is 1.80 bits per heavy atom. The molecule has 400 valence electrons. The van der Waals surface area contributed by atoms with Gasteiger partial charge in [-0.05, 0) is 40.0 Å². The van der Waals surface area contributed by atoms with Crippen LogP contribution in [-0.4, -0.2) is 188 Å². The van der Waals surface area contributed by atoms with Gasteiger partial charge in [0.2, 0.25) is 26.6 Å². The number of hydrogen-bond acceptors (Lipinski definition) is 13. The predicted octanol–water partition coefficient (Wildman–Crippen LogP) is 3.31. The molecule has 1 fully saturated rings. The highest BCUT2D eigenvalue weighted by Crippen LogP contribution is 2.51. The number of aliphatic carboxylic acids is 3. The van der Waals surface area contributed by atoms with Gasteiger partial charge < -0.3 is 45.2 Å². The molecule has 71 heavy (non-hydrogen) atoms. The molecule has 1 saturated heterocycles. The first-order chi connectivity index (χ1) is 33.0. The van der Waals surface area contributed by atoms with Crippen LogP contribution in [0.4, 0.5) is 4.11 Å². The van der Waals surface area contributed by atoms with Crippen LogP contribution in [0, 0.1) is 0 Å². The third-order valence-electron chi connectivity index (χ3n) is 12.2. The number of benzene rings is 1. The molecule has 0 spiro atoms. The number of nitrogens with one attached hydrogen (secondary N) is 3. The highest BCUT2D eigenvalue weighted by Gasteiger charge is 2.56. The minimum Gasteiger partial charge on any atom is -0.481 e. The Bertz CT molecular complexity index is 2220. The van der Waals surface area contributed by atoms with Crippen molar-refractivity contribution < 1.29 is 67.1 Å². The molecule has 3 amide bonds. The van der Waals surface area contributed by atoms with E-state index < -0.39 is 93.5 Å². The maximum atomic E-state index is 16.9. The summed E-state index contributed by atoms with van der Waals surface area (Å²) in [6.45, 7) is 14.5. The average Bonchev–Trinajstić information content (AvgIpc) is 3.77. The summed E-state index contributed by atoms with van der Waals surface area (Å²) in [6, 6.07) is 3.76. The SMILES string of the molecule is CCCC(NC(=O)C(CNC(=O)c1ccc([Si](F)(C(C)(C)C)C(C)(C)C)cc1)n1cc(CNC(=O)CCP(=O)(O)CN2CCN(CPCCC(=O)O)CCN(CP(=O)(O)CCC(=O)O)CC2)nn1)C(=O)O. The second-order valence-corrected chi connectivity index (χ2v) is 31.1. The maximum absolute atomic E-state index is 16.9. The summed E-state index contributed by atoms with van der Waals surface area (Å²) < 4.78 is 44.5. The maximum Gasteiger partial charge on any atom is 0.326 e. The van der Waals surface area contributed by atoms with Crippen molar-refractivity contribution in [3.63, 3.8) is 0 Å². The number of carboxylic acid groups (broad SMARTS) is 3. The first-order valence-corrected chi connectivity index (χ1v) is 31.0. The fraction of sp³-hybridized carbons (Fsp3) is 0.682. The lowest BCUT2D eigenvalue weighted by Gasteiger charge is -2.44. The van der Waals surface area contributed by atoms with Crippen LogP contribution >= 0.6 is 23.3 Å². The number of aromatic nitrogens is 3. The predicted molar refractivity (Wildman–Crippen MR) is 271 cm³/mol. The number of hydrogen-bond donors (Lipinski definition) is 8. The Balaban J connectivity index is 1.69. The Morgan fingerprint density at radius 1 is 0.789 bits per heavy atom. The molecule has 1 aromatic heterocycles. The smallest absolute Gasteiger partial charge is 0.326 e. The van der Waals surface area contributed by atoms with E-state index in [9.17, 15) is 52.8 Å². The van der Waals surface area contributed by atoms with Crippen LogP contribution in [0.5, 0.6) is 0 Å². The summed E-state index contributed by atoms with van der Waals surface area (Å²) in [6.07, 6.45) is 0.805. The lowest BCUT2D eigenvalue weighted by Crippen LogP contribution is -2.57. The van der Waals surface area contributed by atoms with E-state index in [0.717, 1.165) is 4.68 Å². The molecular weight excluding hydrogens is 1000 g/mol. The molecule has 1 aromatic carbocycles. The van der Waals surface area contributed by atoms with Crippen molar-refractivity contribution in [1.82, 2.24) is 45.6 Å². The van der Waals surface area contributed by atoms with E-state index in [-0.39, 0.29) is 75.4 Å². The number of carboxylic acids is 3. The van der Waals surface area contributed by atoms with Crippen LogP contribution in [0.2, 0.25) is 10.1 Å². The average molecular weight is 1080 g/mol. The fourth-order valence-electron chi connectivity index (χ4n) is 8.45. The summed E-state index contributed by atoms with van der Waals surface area (Å²) in [4.78, 5) is 101. The summed E-state index contributed by atoms with van der Waals surface area (Å²) in [5.74, 6) is -5.30. The molecule has 3 rings (SSSR count). The van der Waals surface area contributed by atoms with Gasteiger partial charge in [0, 0.05) is 82.8 Å². The van der Waals surface area contributed by atoms with Crippen LogP contribution in [0.1, 0.15) is 103 Å². The molecule has 27 heteroatoms. The first kappa shape index (κ1) is 61.3. The Hall–Kier alpha value is -3.98. The van der Waals surface area contributed by atoms with Gasteiger partial charge in [-0.2, -0.15) is 0 Å². The number of rotatable bonds is 27. The van der Waals surface area contributed by atoms with Crippen molar-refractivity contribution in [2.24, 2.45) is 0 Å². The number of carbonyl (C=O) groups is 6. The van der Waals surface area contributed by atoms with Gasteiger partial charge >= 0.3 is 17.9 Å². The van der Waals surface area contributed by atoms with Crippen molar-refractivity contribution in [3.8, 4) is 0 Å². The molecule has 0 aliphatic carbocycles. The van der Waals surface area contributed by atoms with E-state index in [1.165, 1.54) is 18.3 Å². The van der Waals surface area contributed by atoms with E-state index in [2.05, 4.69) is 31.2 Å². The van der Waals surface area contributed by atoms with Crippen molar-refractivity contribution in [1.29, 1.82) is 0 Å². The van der Waals surface area contributed by atoms with E-state index in [4.69, 9.17) is 10.2 Å². The zero-order valence-electron chi connectivity index (χ0n) is 41.9. The molecular formula is C44H75FN9O13P3Si. The molecule has 2 heterocycles. The second-order valence-electron chi connectivity index (χ2n) is 20.1. The van der Waals surface area contributed by atoms with Gasteiger partial charge in [-0.25, -0.2) is 9.48 Å². The van der Waals surface area contributed by atoms with E-state index in [1.54, 1.807) is 28.9 Å². The molecule has 5 unspecified atom stereocenters. The number of carbonyl (C=O) groups excluding carboxylic acids is 3. The van der Waals surface area contributed by atoms with Gasteiger partial charge in [-0.1, -0.05) is 72.2 Å². The summed E-state index contributed by atoms with van der Waals surface area (Å²) in [5.41, 5.74) is 0.380. The molecule has 1 aliphatic rings. The Kier molecular flexibility index (Phi) is 23.6. The van der Waals surface area contributed by atoms with Crippen LogP contribution < -0.4 is 21.1 Å². The van der Waals surface area contributed by atoms with Crippen LogP contribution in [0.15, 0.2) is 30.5 Å². The monoisotopic (exact) mass is 1080 g/mol. The van der Waals surface area contributed by atoms with Crippen molar-refractivity contribution in [2.75, 3.05) is 83.2 Å². The van der Waals surface area contributed by atoms with E-state index in [0.29, 0.717) is 58.8 Å². The molecule has 0 radical (unpaired) electrons. The third kappa shape index (κ3) is 20.1. The zero-order chi connectivity index (χ0) is 53.4. The van der Waals surface area contributed by atoms with Crippen LogP contribution in [0.25, 0.3) is 0 Å². The van der Waals surface area contributed by atoms with Gasteiger partial charge in [-0.3, -0.25) is 47.8 Å². The van der Waals surface area contributed by atoms with Crippen LogP contribution in [-0.2, 0) is 39.6 Å². The topological polar surface area (TPSA) is 314 Å². The lowest BCUT2D eigenvalue weighted by molar-refractivity contribution is -0.142. The molecule has 22 nitrogen and oxygen atoms in total. The molecule has 0 saturated carbocycles. The Morgan fingerprint density at radius 2 is 1.31 bits per heavy atom. The third-order valence-corrected chi connectivity index (χ3v) is 22.2. The highest BCUT2D eigenvalue weighted by molar-refractivity contribution is 7.58. The summed E-state index contributed by atoms with van der Waals surface area (Å²) >= 11 is 0. The van der Waals surface area contributed by atoms with Crippen LogP contribution in [0.3, 0.4) is 0 Å². The quantitative estimate of drug-likeness (QED) is 0.0275. The number of halogens is 1. The summed E-state index contributed by atoms with van der Waals surface area (Å²) in [5, 5.41) is 43.0. The molecule has 2 aromatic rings. The second kappa shape index (κ2) is 27.3. The molecule has 1 aliphatic heterocycles. The van der Waals surface area contributed by atoms with Crippen molar-refractivity contribution in [2.45, 2.75) is 109 Å². The lowest BCUT2D eigenvalue weighted by atomic mass is 10.1. The normalized spacial score (nSPS) is 17.5. The molecule has 5 atom stereocenters. The zero-order valence-corrected chi connectivity index (χ0v) is 45.7. The van der Waals surface area contributed by atoms with Gasteiger partial charge in [0.05, 0.1) is 31.7 Å². The Labute approximate surface area is 418 Å². The van der Waals surface area contributed by atoms with E-state index in [1.807, 2.05) is 41.5 Å². The van der Waals surface area contributed by atoms with Gasteiger partial charge in [0.1, 0.15) is 17.8 Å². The highest BCUT2D eigenvalue weighted by atomic mass is 31.2. The molecule has 8 N–H and O–H groups in total. The minimum absolute atomic E-state index is 0.0128. The van der Waals surface area contributed by atoms with E-state index >= 15 is 4.11 Å².